The van der Waals surface area contributed by atoms with E-state index in [1.54, 1.807) is 14.0 Å². The number of benzene rings is 1. The average Bonchev–Trinajstić information content (AvgIpc) is 2.42. The molecule has 0 spiro atoms. The van der Waals surface area contributed by atoms with E-state index < -0.39 is 5.67 Å². The lowest BCUT2D eigenvalue weighted by Crippen LogP contribution is -2.44. The largest absolute Gasteiger partial charge is 0.496 e. The van der Waals surface area contributed by atoms with Crippen molar-refractivity contribution in [2.24, 2.45) is 0 Å². The van der Waals surface area contributed by atoms with Crippen LogP contribution in [-0.4, -0.2) is 32.9 Å². The van der Waals surface area contributed by atoms with Gasteiger partial charge in [0.25, 0.3) is 0 Å². The van der Waals surface area contributed by atoms with Crippen molar-refractivity contribution in [2.75, 3.05) is 26.9 Å². The highest BCUT2D eigenvalue weighted by atomic mass is 19.1. The quantitative estimate of drug-likeness (QED) is 0.920. The van der Waals surface area contributed by atoms with Gasteiger partial charge in [0.1, 0.15) is 11.4 Å². The summed E-state index contributed by atoms with van der Waals surface area (Å²) in [7, 11) is 1.60. The summed E-state index contributed by atoms with van der Waals surface area (Å²) >= 11 is 0. The number of morpholine rings is 1. The SMILES string of the molecule is COc1c(C(C)(F)CC2COCCN2)ccc(C)c1C. The van der Waals surface area contributed by atoms with Crippen LogP contribution < -0.4 is 10.1 Å². The van der Waals surface area contributed by atoms with Crippen molar-refractivity contribution in [3.63, 3.8) is 0 Å². The summed E-state index contributed by atoms with van der Waals surface area (Å²) in [5, 5.41) is 3.30. The lowest BCUT2D eigenvalue weighted by molar-refractivity contribution is 0.0468. The van der Waals surface area contributed by atoms with E-state index >= 15 is 4.39 Å². The van der Waals surface area contributed by atoms with Crippen LogP contribution in [0, 0.1) is 13.8 Å². The third kappa shape index (κ3) is 3.13. The number of halogens is 1. The predicted molar refractivity (Wildman–Crippen MR) is 78.2 cm³/mol. The number of aryl methyl sites for hydroxylation is 1. The summed E-state index contributed by atoms with van der Waals surface area (Å²) in [6.45, 7) is 7.64. The van der Waals surface area contributed by atoms with Crippen LogP contribution in [0.2, 0.25) is 0 Å². The fraction of sp³-hybridized carbons (Fsp3) is 0.625. The van der Waals surface area contributed by atoms with Gasteiger partial charge in [0.15, 0.2) is 0 Å². The maximum Gasteiger partial charge on any atom is 0.138 e. The molecule has 2 atom stereocenters. The fourth-order valence-corrected chi connectivity index (χ4v) is 2.79. The molecule has 1 saturated heterocycles. The minimum atomic E-state index is -1.44. The Hall–Kier alpha value is -1.13. The molecule has 20 heavy (non-hydrogen) atoms. The number of hydrogen-bond acceptors (Lipinski definition) is 3. The molecule has 0 aliphatic carbocycles. The van der Waals surface area contributed by atoms with Gasteiger partial charge in [0.05, 0.1) is 20.3 Å². The highest BCUT2D eigenvalue weighted by Gasteiger charge is 2.34. The van der Waals surface area contributed by atoms with E-state index in [4.69, 9.17) is 9.47 Å². The zero-order valence-corrected chi connectivity index (χ0v) is 12.8. The monoisotopic (exact) mass is 281 g/mol. The van der Waals surface area contributed by atoms with Crippen LogP contribution in [0.4, 0.5) is 4.39 Å². The first kappa shape index (κ1) is 15.3. The number of methoxy groups -OCH3 is 1. The molecule has 0 radical (unpaired) electrons. The Morgan fingerprint density at radius 3 is 2.80 bits per heavy atom. The van der Waals surface area contributed by atoms with Gasteiger partial charge in [-0.2, -0.15) is 0 Å². The summed E-state index contributed by atoms with van der Waals surface area (Å²) in [5.41, 5.74) is 1.29. The Kier molecular flexibility index (Phi) is 4.66. The minimum Gasteiger partial charge on any atom is -0.496 e. The molecule has 0 saturated carbocycles. The van der Waals surface area contributed by atoms with E-state index in [0.29, 0.717) is 30.9 Å². The molecule has 0 amide bonds. The highest BCUT2D eigenvalue weighted by Crippen LogP contribution is 2.39. The zero-order chi connectivity index (χ0) is 14.8. The highest BCUT2D eigenvalue weighted by molar-refractivity contribution is 5.47. The Bertz CT molecular complexity index is 468. The van der Waals surface area contributed by atoms with E-state index in [2.05, 4.69) is 5.32 Å². The molecule has 1 aliphatic heterocycles. The normalized spacial score (nSPS) is 22.4. The number of ether oxygens (including phenoxy) is 2. The van der Waals surface area contributed by atoms with Crippen molar-refractivity contribution in [3.05, 3.63) is 28.8 Å². The van der Waals surface area contributed by atoms with Crippen LogP contribution in [-0.2, 0) is 10.4 Å². The Labute approximate surface area is 120 Å². The molecule has 1 fully saturated rings. The summed E-state index contributed by atoms with van der Waals surface area (Å²) in [6.07, 6.45) is 0.381. The number of alkyl halides is 1. The second-order valence-corrected chi connectivity index (χ2v) is 5.72. The van der Waals surface area contributed by atoms with Gasteiger partial charge in [-0.15, -0.1) is 0 Å². The fourth-order valence-electron chi connectivity index (χ4n) is 2.79. The second kappa shape index (κ2) is 6.10. The van der Waals surface area contributed by atoms with Crippen molar-refractivity contribution < 1.29 is 13.9 Å². The Balaban J connectivity index is 2.26. The van der Waals surface area contributed by atoms with Crippen molar-refractivity contribution in [3.8, 4) is 5.75 Å². The second-order valence-electron chi connectivity index (χ2n) is 5.72. The molecule has 1 heterocycles. The molecule has 0 aromatic heterocycles. The topological polar surface area (TPSA) is 30.5 Å². The van der Waals surface area contributed by atoms with Gasteiger partial charge in [-0.1, -0.05) is 12.1 Å². The van der Waals surface area contributed by atoms with Crippen LogP contribution in [0.3, 0.4) is 0 Å². The van der Waals surface area contributed by atoms with Crippen LogP contribution in [0.15, 0.2) is 12.1 Å². The van der Waals surface area contributed by atoms with E-state index in [9.17, 15) is 0 Å². The summed E-state index contributed by atoms with van der Waals surface area (Å²) < 4.78 is 26.0. The van der Waals surface area contributed by atoms with Gasteiger partial charge in [0, 0.05) is 24.6 Å². The van der Waals surface area contributed by atoms with Crippen LogP contribution in [0.5, 0.6) is 5.75 Å². The maximum atomic E-state index is 15.2. The van der Waals surface area contributed by atoms with Crippen molar-refractivity contribution in [1.29, 1.82) is 0 Å². The lowest BCUT2D eigenvalue weighted by Gasteiger charge is -2.31. The van der Waals surface area contributed by atoms with Crippen LogP contribution in [0.25, 0.3) is 0 Å². The Morgan fingerprint density at radius 1 is 1.45 bits per heavy atom. The average molecular weight is 281 g/mol. The lowest BCUT2D eigenvalue weighted by atomic mass is 9.87. The molecule has 1 aromatic carbocycles. The summed E-state index contributed by atoms with van der Waals surface area (Å²) in [4.78, 5) is 0. The summed E-state index contributed by atoms with van der Waals surface area (Å²) in [6, 6.07) is 3.84. The van der Waals surface area contributed by atoms with Crippen molar-refractivity contribution >= 4 is 0 Å². The molecule has 0 bridgehead atoms. The molecule has 112 valence electrons. The van der Waals surface area contributed by atoms with Crippen molar-refractivity contribution in [1.82, 2.24) is 5.32 Å². The van der Waals surface area contributed by atoms with Crippen LogP contribution >= 0.6 is 0 Å². The van der Waals surface area contributed by atoms with Crippen molar-refractivity contribution in [2.45, 2.75) is 38.9 Å². The molecule has 2 unspecified atom stereocenters. The molecule has 4 heteroatoms. The molecule has 1 N–H and O–H groups in total. The molecule has 1 aliphatic rings. The van der Waals surface area contributed by atoms with E-state index in [-0.39, 0.29) is 6.04 Å². The van der Waals surface area contributed by atoms with Gasteiger partial charge in [0.2, 0.25) is 0 Å². The third-order valence-electron chi connectivity index (χ3n) is 4.07. The number of hydrogen-bond donors (Lipinski definition) is 1. The van der Waals surface area contributed by atoms with E-state index in [1.807, 2.05) is 26.0 Å². The van der Waals surface area contributed by atoms with E-state index in [0.717, 1.165) is 17.7 Å². The third-order valence-corrected chi connectivity index (χ3v) is 4.07. The number of nitrogens with one attached hydrogen (secondary N) is 1. The first-order chi connectivity index (χ1) is 9.45. The maximum absolute atomic E-state index is 15.2. The molecule has 1 aromatic rings. The number of rotatable bonds is 4. The zero-order valence-electron chi connectivity index (χ0n) is 12.8. The first-order valence-electron chi connectivity index (χ1n) is 7.10. The van der Waals surface area contributed by atoms with Gasteiger partial charge in [-0.3, -0.25) is 0 Å². The van der Waals surface area contributed by atoms with E-state index in [1.165, 1.54) is 0 Å². The Morgan fingerprint density at radius 2 is 2.20 bits per heavy atom. The molecule has 2 rings (SSSR count). The molecular weight excluding hydrogens is 257 g/mol. The van der Waals surface area contributed by atoms with Gasteiger partial charge in [-0.25, -0.2) is 4.39 Å². The smallest absolute Gasteiger partial charge is 0.138 e. The van der Waals surface area contributed by atoms with Gasteiger partial charge < -0.3 is 14.8 Å². The predicted octanol–water partition coefficient (Wildman–Crippen LogP) is 2.88. The first-order valence-corrected chi connectivity index (χ1v) is 7.10. The molecular formula is C16H24FNO2. The minimum absolute atomic E-state index is 0.0464. The standard InChI is InChI=1S/C16H24FNO2/c1-11-5-6-14(15(19-4)12(11)2)16(3,17)9-13-10-20-8-7-18-13/h5-6,13,18H,7-10H2,1-4H3. The molecule has 3 nitrogen and oxygen atoms in total. The van der Waals surface area contributed by atoms with Crippen LogP contribution in [0.1, 0.15) is 30.0 Å². The van der Waals surface area contributed by atoms with Gasteiger partial charge >= 0.3 is 0 Å². The summed E-state index contributed by atoms with van der Waals surface area (Å²) in [5.74, 6) is 0.659. The van der Waals surface area contributed by atoms with Gasteiger partial charge in [-0.05, 0) is 31.9 Å².